The first-order valence-corrected chi connectivity index (χ1v) is 7.22. The molecular weight excluding hydrogens is 256 g/mol. The molecule has 0 saturated carbocycles. The Hall–Kier alpha value is -2.00. The molecule has 0 amide bonds. The molecule has 0 aliphatic heterocycles. The lowest BCUT2D eigenvalue weighted by Crippen LogP contribution is -2.03. The fourth-order valence-corrected chi connectivity index (χ4v) is 3.26. The van der Waals surface area contributed by atoms with Gasteiger partial charge >= 0.3 is 5.97 Å². The minimum Gasteiger partial charge on any atom is -0.406 e. The highest BCUT2D eigenvalue weighted by Crippen LogP contribution is 2.45. The number of carbonyl (C=O) groups is 1. The van der Waals surface area contributed by atoms with E-state index in [9.17, 15) is 4.79 Å². The van der Waals surface area contributed by atoms with Crippen LogP contribution in [-0.4, -0.2) is 5.97 Å². The van der Waals surface area contributed by atoms with E-state index in [2.05, 4.69) is 6.58 Å². The highest BCUT2D eigenvalue weighted by molar-refractivity contribution is 8.13. The monoisotopic (exact) mass is 272 g/mol. The van der Waals surface area contributed by atoms with Gasteiger partial charge in [0, 0.05) is 15.4 Å². The Balaban J connectivity index is 2.34. The fraction of sp³-hybridized carbons (Fsp3) is 0.0625. The summed E-state index contributed by atoms with van der Waals surface area (Å²) in [5.74, 6) is -0.348. The Morgan fingerprint density at radius 1 is 0.947 bits per heavy atom. The molecule has 0 aliphatic rings. The number of hydrogen-bond donors (Lipinski definition) is 1. The molecule has 2 aromatic carbocycles. The fourth-order valence-electron chi connectivity index (χ4n) is 1.54. The molecule has 0 atom stereocenters. The summed E-state index contributed by atoms with van der Waals surface area (Å²) in [6.07, 6.45) is 0. The zero-order valence-corrected chi connectivity index (χ0v) is 11.6. The normalized spacial score (nSPS) is 10.7. The van der Waals surface area contributed by atoms with Crippen LogP contribution in [0.4, 0.5) is 0 Å². The molecular formula is C16H16O2S. The lowest BCUT2D eigenvalue weighted by molar-refractivity contribution is -0.128. The Labute approximate surface area is 116 Å². The van der Waals surface area contributed by atoms with Crippen molar-refractivity contribution >= 4 is 17.1 Å². The standard InChI is InChI=1S/C16H16O2S/c1-13(2)16(17)18-19(14-9-5-3-6-10-14)15-11-7-4-8-12-15/h3-12,19H,1H2,2H3. The lowest BCUT2D eigenvalue weighted by atomic mass is 10.4. The first kappa shape index (κ1) is 13.4. The smallest absolute Gasteiger partial charge is 0.343 e. The van der Waals surface area contributed by atoms with Crippen LogP contribution < -0.4 is 0 Å². The largest absolute Gasteiger partial charge is 0.406 e. The van der Waals surface area contributed by atoms with Crippen LogP contribution >= 0.6 is 11.2 Å². The second-order valence-corrected chi connectivity index (χ2v) is 5.93. The number of rotatable bonds is 4. The Morgan fingerprint density at radius 3 is 1.74 bits per heavy atom. The average Bonchev–Trinajstić information content (AvgIpc) is 2.46. The maximum Gasteiger partial charge on any atom is 0.343 e. The molecule has 0 radical (unpaired) electrons. The van der Waals surface area contributed by atoms with E-state index in [1.807, 2.05) is 60.7 Å². The zero-order chi connectivity index (χ0) is 13.7. The quantitative estimate of drug-likeness (QED) is 0.668. The van der Waals surface area contributed by atoms with Crippen molar-refractivity contribution in [3.8, 4) is 0 Å². The summed E-state index contributed by atoms with van der Waals surface area (Å²) in [5.41, 5.74) is 0.416. The van der Waals surface area contributed by atoms with Crippen LogP contribution in [-0.2, 0) is 8.98 Å². The number of thiol groups is 1. The minimum absolute atomic E-state index is 0.348. The van der Waals surface area contributed by atoms with E-state index in [1.165, 1.54) is 0 Å². The second kappa shape index (κ2) is 6.25. The van der Waals surface area contributed by atoms with Crippen LogP contribution in [0.1, 0.15) is 6.92 Å². The van der Waals surface area contributed by atoms with Gasteiger partial charge in [0.25, 0.3) is 0 Å². The van der Waals surface area contributed by atoms with Crippen LogP contribution in [0.2, 0.25) is 0 Å². The van der Waals surface area contributed by atoms with Gasteiger partial charge < -0.3 is 4.18 Å². The van der Waals surface area contributed by atoms with Gasteiger partial charge in [0.2, 0.25) is 0 Å². The first-order valence-electron chi connectivity index (χ1n) is 5.96. The van der Waals surface area contributed by atoms with E-state index < -0.39 is 11.2 Å². The molecule has 0 N–H and O–H groups in total. The topological polar surface area (TPSA) is 26.3 Å². The van der Waals surface area contributed by atoms with Gasteiger partial charge in [-0.3, -0.25) is 0 Å². The molecule has 0 heterocycles. The highest BCUT2D eigenvalue weighted by Gasteiger charge is 2.15. The summed E-state index contributed by atoms with van der Waals surface area (Å²) in [4.78, 5) is 13.8. The molecule has 2 nitrogen and oxygen atoms in total. The maximum atomic E-state index is 11.8. The van der Waals surface area contributed by atoms with Gasteiger partial charge in [-0.05, 0) is 42.4 Å². The van der Waals surface area contributed by atoms with Crippen LogP contribution in [0.25, 0.3) is 0 Å². The minimum atomic E-state index is -1.13. The maximum absolute atomic E-state index is 11.8. The molecule has 0 unspecified atom stereocenters. The zero-order valence-electron chi connectivity index (χ0n) is 10.7. The molecule has 2 aromatic rings. The van der Waals surface area contributed by atoms with E-state index in [0.717, 1.165) is 9.79 Å². The second-order valence-electron chi connectivity index (χ2n) is 4.12. The van der Waals surface area contributed by atoms with Gasteiger partial charge in [-0.1, -0.05) is 43.0 Å². The number of carbonyl (C=O) groups excluding carboxylic acids is 1. The van der Waals surface area contributed by atoms with Crippen LogP contribution in [0.3, 0.4) is 0 Å². The molecule has 0 saturated heterocycles. The van der Waals surface area contributed by atoms with Gasteiger partial charge in [0.05, 0.1) is 0 Å². The van der Waals surface area contributed by atoms with Crippen molar-refractivity contribution in [2.75, 3.05) is 0 Å². The molecule has 0 fully saturated rings. The molecule has 3 heteroatoms. The predicted octanol–water partition coefficient (Wildman–Crippen LogP) is 4.14. The van der Waals surface area contributed by atoms with E-state index in [-0.39, 0.29) is 5.97 Å². The van der Waals surface area contributed by atoms with E-state index in [4.69, 9.17) is 4.18 Å². The molecule has 0 spiro atoms. The van der Waals surface area contributed by atoms with E-state index in [1.54, 1.807) is 6.92 Å². The predicted molar refractivity (Wildman–Crippen MR) is 79.3 cm³/mol. The van der Waals surface area contributed by atoms with Crippen LogP contribution in [0.15, 0.2) is 82.6 Å². The first-order chi connectivity index (χ1) is 9.18. The van der Waals surface area contributed by atoms with E-state index >= 15 is 0 Å². The lowest BCUT2D eigenvalue weighted by Gasteiger charge is -2.22. The van der Waals surface area contributed by atoms with Gasteiger partial charge in [-0.2, -0.15) is 0 Å². The average molecular weight is 272 g/mol. The Morgan fingerprint density at radius 2 is 1.37 bits per heavy atom. The van der Waals surface area contributed by atoms with E-state index in [0.29, 0.717) is 5.57 Å². The molecule has 98 valence electrons. The van der Waals surface area contributed by atoms with Gasteiger partial charge in [0.15, 0.2) is 0 Å². The summed E-state index contributed by atoms with van der Waals surface area (Å²) < 4.78 is 5.61. The van der Waals surface area contributed by atoms with Crippen molar-refractivity contribution in [1.29, 1.82) is 0 Å². The summed E-state index contributed by atoms with van der Waals surface area (Å²) >= 11 is -1.13. The third-order valence-corrected chi connectivity index (χ3v) is 4.39. The summed E-state index contributed by atoms with van der Waals surface area (Å²) in [6, 6.07) is 19.6. The van der Waals surface area contributed by atoms with Crippen molar-refractivity contribution in [2.24, 2.45) is 0 Å². The third kappa shape index (κ3) is 3.48. The highest BCUT2D eigenvalue weighted by atomic mass is 32.2. The van der Waals surface area contributed by atoms with Gasteiger partial charge in [-0.25, -0.2) is 4.79 Å². The van der Waals surface area contributed by atoms with Crippen molar-refractivity contribution in [2.45, 2.75) is 16.7 Å². The molecule has 0 aliphatic carbocycles. The number of hydrogen-bond acceptors (Lipinski definition) is 2. The SMILES string of the molecule is C=C(C)C(=O)O[SH](c1ccccc1)c1ccccc1. The Bertz CT molecular complexity index is 524. The Kier molecular flexibility index (Phi) is 4.42. The van der Waals surface area contributed by atoms with Crippen molar-refractivity contribution in [1.82, 2.24) is 0 Å². The molecule has 19 heavy (non-hydrogen) atoms. The summed E-state index contributed by atoms with van der Waals surface area (Å²) in [5, 5.41) is 0. The third-order valence-electron chi connectivity index (χ3n) is 2.50. The molecule has 2 rings (SSSR count). The van der Waals surface area contributed by atoms with Gasteiger partial charge in [0.1, 0.15) is 0 Å². The molecule has 0 bridgehead atoms. The van der Waals surface area contributed by atoms with Crippen LogP contribution in [0.5, 0.6) is 0 Å². The molecule has 0 aromatic heterocycles. The van der Waals surface area contributed by atoms with Crippen molar-refractivity contribution < 1.29 is 8.98 Å². The van der Waals surface area contributed by atoms with Crippen molar-refractivity contribution in [3.05, 3.63) is 72.8 Å². The summed E-state index contributed by atoms with van der Waals surface area (Å²) in [6.45, 7) is 5.29. The number of benzene rings is 2. The summed E-state index contributed by atoms with van der Waals surface area (Å²) in [7, 11) is 0. The van der Waals surface area contributed by atoms with Crippen LogP contribution in [0, 0.1) is 0 Å². The van der Waals surface area contributed by atoms with Crippen molar-refractivity contribution in [3.63, 3.8) is 0 Å². The van der Waals surface area contributed by atoms with Gasteiger partial charge in [-0.15, -0.1) is 0 Å².